The Hall–Kier alpha value is -1.92. The number of fused-ring (bicyclic) bond motifs is 1. The molecule has 3 aromatic rings. The molecule has 1 atom stereocenters. The highest BCUT2D eigenvalue weighted by Crippen LogP contribution is 2.30. The van der Waals surface area contributed by atoms with Crippen LogP contribution in [0.3, 0.4) is 0 Å². The number of hydrogen-bond donors (Lipinski definition) is 3. The Morgan fingerprint density at radius 2 is 1.85 bits per heavy atom. The first-order chi connectivity index (χ1) is 9.54. The van der Waals surface area contributed by atoms with Crippen molar-refractivity contribution < 1.29 is 9.50 Å². The van der Waals surface area contributed by atoms with Gasteiger partial charge >= 0.3 is 5.69 Å². The van der Waals surface area contributed by atoms with Crippen molar-refractivity contribution in [1.82, 2.24) is 9.97 Å². The van der Waals surface area contributed by atoms with Crippen LogP contribution in [0.25, 0.3) is 11.0 Å². The molecular weight excluding hydrogens is 327 g/mol. The number of hydrogen-bond acceptors (Lipinski definition) is 2. The fraction of sp³-hybridized carbons (Fsp3) is 0.0714. The van der Waals surface area contributed by atoms with E-state index in [1.54, 1.807) is 18.2 Å². The van der Waals surface area contributed by atoms with Crippen molar-refractivity contribution in [2.24, 2.45) is 0 Å². The number of imidazole rings is 1. The average molecular weight is 337 g/mol. The molecule has 0 saturated carbocycles. The second-order valence-electron chi connectivity index (χ2n) is 4.45. The largest absolute Gasteiger partial charge is 0.384 e. The fourth-order valence-electron chi connectivity index (χ4n) is 2.12. The summed E-state index contributed by atoms with van der Waals surface area (Å²) in [5, 5.41) is 10.4. The van der Waals surface area contributed by atoms with Gasteiger partial charge in [0, 0.05) is 4.47 Å². The van der Waals surface area contributed by atoms with Crippen molar-refractivity contribution >= 4 is 27.0 Å². The van der Waals surface area contributed by atoms with E-state index in [1.165, 1.54) is 18.2 Å². The first-order valence-corrected chi connectivity index (χ1v) is 6.69. The van der Waals surface area contributed by atoms with E-state index in [-0.39, 0.29) is 11.5 Å². The van der Waals surface area contributed by atoms with Gasteiger partial charge in [0.15, 0.2) is 0 Å². The molecule has 0 radical (unpaired) electrons. The van der Waals surface area contributed by atoms with Crippen LogP contribution in [-0.4, -0.2) is 15.1 Å². The molecule has 0 amide bonds. The molecule has 0 bridgehead atoms. The lowest BCUT2D eigenvalue weighted by Gasteiger charge is -2.13. The van der Waals surface area contributed by atoms with Gasteiger partial charge in [0.05, 0.1) is 11.0 Å². The lowest BCUT2D eigenvalue weighted by molar-refractivity contribution is 0.219. The molecule has 0 aliphatic rings. The Morgan fingerprint density at radius 1 is 1.10 bits per heavy atom. The van der Waals surface area contributed by atoms with Gasteiger partial charge in [-0.25, -0.2) is 9.18 Å². The smallest absolute Gasteiger partial charge is 0.323 e. The van der Waals surface area contributed by atoms with Crippen molar-refractivity contribution in [2.45, 2.75) is 6.10 Å². The Kier molecular flexibility index (Phi) is 3.19. The minimum absolute atomic E-state index is 0.297. The van der Waals surface area contributed by atoms with Crippen LogP contribution in [0.1, 0.15) is 17.2 Å². The summed E-state index contributed by atoms with van der Waals surface area (Å²) in [5.74, 6) is -0.377. The summed E-state index contributed by atoms with van der Waals surface area (Å²) in [7, 11) is 0. The maximum Gasteiger partial charge on any atom is 0.323 e. The predicted molar refractivity (Wildman–Crippen MR) is 77.1 cm³/mol. The quantitative estimate of drug-likeness (QED) is 0.673. The van der Waals surface area contributed by atoms with Crippen LogP contribution in [0.15, 0.2) is 45.7 Å². The highest BCUT2D eigenvalue weighted by molar-refractivity contribution is 9.10. The van der Waals surface area contributed by atoms with Crippen molar-refractivity contribution in [2.75, 3.05) is 0 Å². The molecule has 3 rings (SSSR count). The van der Waals surface area contributed by atoms with Gasteiger partial charge in [0.25, 0.3) is 0 Å². The third kappa shape index (κ3) is 2.28. The Morgan fingerprint density at radius 3 is 2.60 bits per heavy atom. The summed E-state index contributed by atoms with van der Waals surface area (Å²) >= 11 is 3.23. The molecule has 1 aromatic heterocycles. The van der Waals surface area contributed by atoms with E-state index in [1.807, 2.05) is 0 Å². The van der Waals surface area contributed by atoms with Crippen molar-refractivity contribution in [3.8, 4) is 0 Å². The van der Waals surface area contributed by atoms with E-state index in [0.717, 1.165) is 0 Å². The van der Waals surface area contributed by atoms with Crippen LogP contribution in [0.5, 0.6) is 0 Å². The standard InChI is InChI=1S/C14H10BrFN2O2/c15-10-6-8(16)2-3-9(10)13(19)7-1-4-11-12(5-7)18-14(20)17-11/h1-6,13,19H,(H2,17,18,20). The molecule has 102 valence electrons. The zero-order valence-electron chi connectivity index (χ0n) is 10.2. The monoisotopic (exact) mass is 336 g/mol. The molecule has 4 nitrogen and oxygen atoms in total. The minimum atomic E-state index is -0.909. The molecule has 20 heavy (non-hydrogen) atoms. The number of aromatic amines is 2. The maximum absolute atomic E-state index is 13.1. The van der Waals surface area contributed by atoms with Crippen LogP contribution < -0.4 is 5.69 Å². The normalized spacial score (nSPS) is 12.8. The second kappa shape index (κ2) is 4.88. The molecule has 3 N–H and O–H groups in total. The van der Waals surface area contributed by atoms with E-state index < -0.39 is 6.10 Å². The van der Waals surface area contributed by atoms with Crippen molar-refractivity contribution in [3.63, 3.8) is 0 Å². The summed E-state index contributed by atoms with van der Waals surface area (Å²) in [6.07, 6.45) is -0.909. The highest BCUT2D eigenvalue weighted by atomic mass is 79.9. The molecule has 6 heteroatoms. The summed E-state index contributed by atoms with van der Waals surface area (Å²) in [4.78, 5) is 16.5. The molecule has 0 fully saturated rings. The number of benzene rings is 2. The number of aliphatic hydroxyl groups is 1. The van der Waals surface area contributed by atoms with Crippen LogP contribution in [-0.2, 0) is 0 Å². The van der Waals surface area contributed by atoms with Crippen LogP contribution in [0.2, 0.25) is 0 Å². The molecular formula is C14H10BrFN2O2. The number of rotatable bonds is 2. The Balaban J connectivity index is 2.06. The van der Waals surface area contributed by atoms with Crippen LogP contribution in [0, 0.1) is 5.82 Å². The Bertz CT molecular complexity index is 841. The fourth-order valence-corrected chi connectivity index (χ4v) is 2.69. The third-order valence-electron chi connectivity index (χ3n) is 3.11. The molecule has 0 aliphatic carbocycles. The van der Waals surface area contributed by atoms with E-state index in [2.05, 4.69) is 25.9 Å². The zero-order valence-corrected chi connectivity index (χ0v) is 11.7. The van der Waals surface area contributed by atoms with Gasteiger partial charge in [-0.2, -0.15) is 0 Å². The molecule has 0 saturated heterocycles. The topological polar surface area (TPSA) is 68.9 Å². The van der Waals surface area contributed by atoms with E-state index in [9.17, 15) is 14.3 Å². The van der Waals surface area contributed by atoms with Gasteiger partial charge in [0.2, 0.25) is 0 Å². The van der Waals surface area contributed by atoms with Crippen LogP contribution >= 0.6 is 15.9 Å². The highest BCUT2D eigenvalue weighted by Gasteiger charge is 2.15. The number of aromatic nitrogens is 2. The first-order valence-electron chi connectivity index (χ1n) is 5.89. The lowest BCUT2D eigenvalue weighted by Crippen LogP contribution is -2.01. The molecule has 1 unspecified atom stereocenters. The third-order valence-corrected chi connectivity index (χ3v) is 3.80. The van der Waals surface area contributed by atoms with Crippen molar-refractivity contribution in [1.29, 1.82) is 0 Å². The molecule has 0 aliphatic heterocycles. The van der Waals surface area contributed by atoms with Crippen molar-refractivity contribution in [3.05, 3.63) is 68.3 Å². The van der Waals surface area contributed by atoms with Gasteiger partial charge in [0.1, 0.15) is 11.9 Å². The van der Waals surface area contributed by atoms with Gasteiger partial charge in [-0.3, -0.25) is 0 Å². The predicted octanol–water partition coefficient (Wildman–Crippen LogP) is 2.84. The average Bonchev–Trinajstić information content (AvgIpc) is 2.77. The van der Waals surface area contributed by atoms with E-state index in [0.29, 0.717) is 26.6 Å². The lowest BCUT2D eigenvalue weighted by atomic mass is 10.0. The molecule has 0 spiro atoms. The van der Waals surface area contributed by atoms with E-state index >= 15 is 0 Å². The van der Waals surface area contributed by atoms with Gasteiger partial charge in [-0.15, -0.1) is 0 Å². The second-order valence-corrected chi connectivity index (χ2v) is 5.31. The first kappa shape index (κ1) is 13.1. The number of nitrogens with one attached hydrogen (secondary N) is 2. The SMILES string of the molecule is O=c1[nH]c2ccc(C(O)c3ccc(F)cc3Br)cc2[nH]1. The number of aliphatic hydroxyl groups excluding tert-OH is 1. The Labute approximate surface area is 121 Å². The van der Waals surface area contributed by atoms with Gasteiger partial charge in [-0.1, -0.05) is 28.1 Å². The van der Waals surface area contributed by atoms with E-state index in [4.69, 9.17) is 0 Å². The van der Waals surface area contributed by atoms with Crippen LogP contribution in [0.4, 0.5) is 4.39 Å². The molecule has 1 heterocycles. The summed E-state index contributed by atoms with van der Waals surface area (Å²) < 4.78 is 13.6. The number of H-pyrrole nitrogens is 2. The molecule has 2 aromatic carbocycles. The minimum Gasteiger partial charge on any atom is -0.384 e. The van der Waals surface area contributed by atoms with Gasteiger partial charge < -0.3 is 15.1 Å². The summed E-state index contributed by atoms with van der Waals surface area (Å²) in [5.41, 5.74) is 2.16. The zero-order chi connectivity index (χ0) is 14.3. The summed E-state index contributed by atoms with van der Waals surface area (Å²) in [6, 6.07) is 9.23. The number of halogens is 2. The summed E-state index contributed by atoms with van der Waals surface area (Å²) in [6.45, 7) is 0. The maximum atomic E-state index is 13.1. The van der Waals surface area contributed by atoms with Gasteiger partial charge in [-0.05, 0) is 35.4 Å².